The number of hydrogen-bond acceptors (Lipinski definition) is 2. The predicted octanol–water partition coefficient (Wildman–Crippen LogP) is 4.16. The maximum Gasteiger partial charge on any atom is 0.0697 e. The van der Waals surface area contributed by atoms with Gasteiger partial charge in [0.05, 0.1) is 13.2 Å². The van der Waals surface area contributed by atoms with Gasteiger partial charge in [-0.05, 0) is 12.3 Å². The van der Waals surface area contributed by atoms with E-state index in [1.165, 1.54) is 51.4 Å². The summed E-state index contributed by atoms with van der Waals surface area (Å²) in [6.07, 6.45) is 12.1. The van der Waals surface area contributed by atoms with Gasteiger partial charge < -0.3 is 9.84 Å². The van der Waals surface area contributed by atoms with Crippen LogP contribution in [0.3, 0.4) is 0 Å². The Morgan fingerprint density at radius 3 is 2.06 bits per heavy atom. The van der Waals surface area contributed by atoms with Crippen molar-refractivity contribution in [3.05, 3.63) is 0 Å². The summed E-state index contributed by atoms with van der Waals surface area (Å²) in [5, 5.41) is 8.52. The van der Waals surface area contributed by atoms with Gasteiger partial charge in [-0.15, -0.1) is 0 Å². The summed E-state index contributed by atoms with van der Waals surface area (Å²) in [6, 6.07) is 0. The number of hydrogen-bond donors (Lipinski definition) is 1. The van der Waals surface area contributed by atoms with Crippen LogP contribution in [0, 0.1) is 5.92 Å². The molecule has 0 aromatic heterocycles. The molecule has 2 nitrogen and oxygen atoms in total. The zero-order valence-corrected chi connectivity index (χ0v) is 11.9. The zero-order chi connectivity index (χ0) is 12.8. The van der Waals surface area contributed by atoms with Crippen LogP contribution in [0.15, 0.2) is 0 Å². The molecule has 0 radical (unpaired) electrons. The minimum Gasteiger partial charge on any atom is -0.394 e. The van der Waals surface area contributed by atoms with Crippen LogP contribution in [0.5, 0.6) is 0 Å². The van der Waals surface area contributed by atoms with Gasteiger partial charge in [0.1, 0.15) is 0 Å². The van der Waals surface area contributed by atoms with Gasteiger partial charge in [0.2, 0.25) is 0 Å². The van der Waals surface area contributed by atoms with E-state index in [1.807, 2.05) is 0 Å². The molecule has 0 aromatic rings. The molecule has 0 spiro atoms. The van der Waals surface area contributed by atoms with Crippen LogP contribution in [0.2, 0.25) is 0 Å². The molecule has 0 bridgehead atoms. The molecule has 0 aliphatic heterocycles. The third-order valence-corrected chi connectivity index (χ3v) is 3.42. The summed E-state index contributed by atoms with van der Waals surface area (Å²) in [5.74, 6) is 0.915. The van der Waals surface area contributed by atoms with Gasteiger partial charge in [0, 0.05) is 6.61 Å². The highest BCUT2D eigenvalue weighted by molar-refractivity contribution is 4.51. The van der Waals surface area contributed by atoms with Crippen LogP contribution >= 0.6 is 0 Å². The van der Waals surface area contributed by atoms with Gasteiger partial charge in [-0.2, -0.15) is 0 Å². The Morgan fingerprint density at radius 2 is 1.47 bits per heavy atom. The van der Waals surface area contributed by atoms with Crippen LogP contribution in [0.1, 0.15) is 71.6 Å². The first-order valence-electron chi connectivity index (χ1n) is 7.49. The fraction of sp³-hybridized carbons (Fsp3) is 1.00. The van der Waals surface area contributed by atoms with Gasteiger partial charge in [0.15, 0.2) is 0 Å². The lowest BCUT2D eigenvalue weighted by molar-refractivity contribution is 0.0895. The molecule has 0 aliphatic carbocycles. The second kappa shape index (κ2) is 14.0. The predicted molar refractivity (Wildman–Crippen MR) is 74.3 cm³/mol. The lowest BCUT2D eigenvalue weighted by Crippen LogP contribution is -2.00. The van der Waals surface area contributed by atoms with Crippen molar-refractivity contribution < 1.29 is 9.84 Å². The molecule has 2 heteroatoms. The molecule has 0 heterocycles. The van der Waals surface area contributed by atoms with E-state index in [0.29, 0.717) is 6.61 Å². The maximum atomic E-state index is 8.52. The number of aliphatic hydroxyl groups is 1. The van der Waals surface area contributed by atoms with E-state index in [1.54, 1.807) is 0 Å². The fourth-order valence-corrected chi connectivity index (χ4v) is 1.95. The summed E-state index contributed by atoms with van der Waals surface area (Å²) >= 11 is 0. The minimum atomic E-state index is 0.149. The molecule has 0 saturated heterocycles. The summed E-state index contributed by atoms with van der Waals surface area (Å²) in [4.78, 5) is 0. The van der Waals surface area contributed by atoms with E-state index >= 15 is 0 Å². The lowest BCUT2D eigenvalue weighted by Gasteiger charge is -2.07. The van der Waals surface area contributed by atoms with Crippen molar-refractivity contribution in [2.24, 2.45) is 5.92 Å². The number of rotatable bonds is 13. The van der Waals surface area contributed by atoms with Crippen LogP contribution in [-0.2, 0) is 4.74 Å². The van der Waals surface area contributed by atoms with E-state index in [4.69, 9.17) is 9.84 Å². The van der Waals surface area contributed by atoms with Gasteiger partial charge in [-0.1, -0.05) is 65.2 Å². The quantitative estimate of drug-likeness (QED) is 0.493. The molecule has 17 heavy (non-hydrogen) atoms. The molecule has 0 aliphatic rings. The molecule has 0 rings (SSSR count). The zero-order valence-electron chi connectivity index (χ0n) is 11.9. The Balaban J connectivity index is 2.94. The van der Waals surface area contributed by atoms with Gasteiger partial charge >= 0.3 is 0 Å². The number of aliphatic hydroxyl groups excluding tert-OH is 1. The van der Waals surface area contributed by atoms with Crippen molar-refractivity contribution in [2.45, 2.75) is 71.6 Å². The molecule has 0 amide bonds. The van der Waals surface area contributed by atoms with E-state index < -0.39 is 0 Å². The number of ether oxygens (including phenoxy) is 1. The highest BCUT2D eigenvalue weighted by atomic mass is 16.5. The molecule has 1 unspecified atom stereocenters. The van der Waals surface area contributed by atoms with Crippen molar-refractivity contribution in [3.8, 4) is 0 Å². The van der Waals surface area contributed by atoms with Crippen LogP contribution in [-0.4, -0.2) is 24.9 Å². The van der Waals surface area contributed by atoms with Crippen molar-refractivity contribution >= 4 is 0 Å². The molecule has 0 aromatic carbocycles. The molecule has 0 saturated carbocycles. The van der Waals surface area contributed by atoms with Crippen LogP contribution in [0.25, 0.3) is 0 Å². The van der Waals surface area contributed by atoms with Crippen molar-refractivity contribution in [3.63, 3.8) is 0 Å². The second-order valence-electron chi connectivity index (χ2n) is 5.11. The summed E-state index contributed by atoms with van der Waals surface area (Å²) in [6.45, 7) is 6.09. The van der Waals surface area contributed by atoms with Crippen molar-refractivity contribution in [1.82, 2.24) is 0 Å². The average molecular weight is 244 g/mol. The molecule has 0 fully saturated rings. The van der Waals surface area contributed by atoms with Gasteiger partial charge in [-0.25, -0.2) is 0 Å². The van der Waals surface area contributed by atoms with Crippen molar-refractivity contribution in [2.75, 3.05) is 19.8 Å². The minimum absolute atomic E-state index is 0.149. The molecule has 1 atom stereocenters. The third kappa shape index (κ3) is 13.9. The molecule has 1 N–H and O–H groups in total. The standard InChI is InChI=1S/C15H32O2/c1-3-15(2)11-9-7-5-4-6-8-10-13-17-14-12-16/h15-16H,3-14H2,1-2H3. The van der Waals surface area contributed by atoms with Gasteiger partial charge in [0.25, 0.3) is 0 Å². The normalized spacial score (nSPS) is 12.9. The van der Waals surface area contributed by atoms with E-state index in [-0.39, 0.29) is 6.61 Å². The highest BCUT2D eigenvalue weighted by Gasteiger charge is 1.98. The lowest BCUT2D eigenvalue weighted by atomic mass is 10.00. The van der Waals surface area contributed by atoms with Gasteiger partial charge in [-0.3, -0.25) is 0 Å². The first-order valence-corrected chi connectivity index (χ1v) is 7.49. The smallest absolute Gasteiger partial charge is 0.0697 e. The SMILES string of the molecule is CCC(C)CCCCCCCCCOCCO. The second-order valence-corrected chi connectivity index (χ2v) is 5.11. The topological polar surface area (TPSA) is 29.5 Å². The summed E-state index contributed by atoms with van der Waals surface area (Å²) in [5.41, 5.74) is 0. The maximum absolute atomic E-state index is 8.52. The Bertz CT molecular complexity index is 137. The Labute approximate surface area is 108 Å². The van der Waals surface area contributed by atoms with E-state index in [2.05, 4.69) is 13.8 Å². The number of unbranched alkanes of at least 4 members (excludes halogenated alkanes) is 6. The summed E-state index contributed by atoms with van der Waals surface area (Å²) < 4.78 is 5.22. The monoisotopic (exact) mass is 244 g/mol. The average Bonchev–Trinajstić information content (AvgIpc) is 2.35. The Morgan fingerprint density at radius 1 is 0.882 bits per heavy atom. The largest absolute Gasteiger partial charge is 0.394 e. The first-order chi connectivity index (χ1) is 8.31. The Kier molecular flexibility index (Phi) is 13.9. The first kappa shape index (κ1) is 16.9. The van der Waals surface area contributed by atoms with Crippen LogP contribution in [0.4, 0.5) is 0 Å². The van der Waals surface area contributed by atoms with Crippen LogP contribution < -0.4 is 0 Å². The van der Waals surface area contributed by atoms with E-state index in [0.717, 1.165) is 18.9 Å². The highest BCUT2D eigenvalue weighted by Crippen LogP contribution is 2.14. The fourth-order valence-electron chi connectivity index (χ4n) is 1.95. The third-order valence-electron chi connectivity index (χ3n) is 3.42. The molecular formula is C15H32O2. The van der Waals surface area contributed by atoms with E-state index in [9.17, 15) is 0 Å². The summed E-state index contributed by atoms with van der Waals surface area (Å²) in [7, 11) is 0. The molecule has 104 valence electrons. The Hall–Kier alpha value is -0.0800. The molecular weight excluding hydrogens is 212 g/mol. The van der Waals surface area contributed by atoms with Crippen molar-refractivity contribution in [1.29, 1.82) is 0 Å².